The van der Waals surface area contributed by atoms with Gasteiger partial charge in [0.2, 0.25) is 5.76 Å². The third-order valence-corrected chi connectivity index (χ3v) is 2.85. The number of nitrogens with two attached hydrogens (primary N) is 1. The molecule has 3 aromatic rings. The molecule has 0 aromatic carbocycles. The average Bonchev–Trinajstić information content (AvgIpc) is 3.08. The second-order valence-electron chi connectivity index (χ2n) is 5.18. The minimum atomic E-state index is -0.512. The second kappa shape index (κ2) is 4.61. The lowest BCUT2D eigenvalue weighted by Gasteiger charge is -2.13. The Hall–Kier alpha value is -2.41. The van der Waals surface area contributed by atoms with Crippen LogP contribution in [0.2, 0.25) is 0 Å². The Bertz CT molecular complexity index is 690. The van der Waals surface area contributed by atoms with E-state index >= 15 is 0 Å². The van der Waals surface area contributed by atoms with Crippen LogP contribution < -0.4 is 5.73 Å². The molecule has 0 atom stereocenters. The van der Waals surface area contributed by atoms with Crippen LogP contribution >= 0.6 is 0 Å². The lowest BCUT2D eigenvalue weighted by Crippen LogP contribution is -2.29. The van der Waals surface area contributed by atoms with Crippen LogP contribution in [0.15, 0.2) is 39.6 Å². The van der Waals surface area contributed by atoms with Crippen LogP contribution in [-0.2, 0) is 12.1 Å². The maximum Gasteiger partial charge on any atom is 0.202 e. The first-order valence-electron chi connectivity index (χ1n) is 6.21. The van der Waals surface area contributed by atoms with E-state index in [-0.39, 0.29) is 0 Å². The number of hydrogen-bond acceptors (Lipinski definition) is 6. The Morgan fingerprint density at radius 1 is 1.35 bits per heavy atom. The van der Waals surface area contributed by atoms with Gasteiger partial charge in [0.25, 0.3) is 0 Å². The molecular formula is C13H15N5O2. The molecule has 0 spiro atoms. The van der Waals surface area contributed by atoms with E-state index < -0.39 is 5.54 Å². The smallest absolute Gasteiger partial charge is 0.202 e. The summed E-state index contributed by atoms with van der Waals surface area (Å²) in [7, 11) is 0. The van der Waals surface area contributed by atoms with Crippen molar-refractivity contribution < 1.29 is 8.94 Å². The molecule has 0 unspecified atom stereocenters. The van der Waals surface area contributed by atoms with Crippen molar-refractivity contribution in [3.8, 4) is 11.5 Å². The van der Waals surface area contributed by atoms with E-state index in [1.807, 2.05) is 26.0 Å². The van der Waals surface area contributed by atoms with Crippen LogP contribution in [0.1, 0.15) is 25.2 Å². The summed E-state index contributed by atoms with van der Waals surface area (Å²) in [4.78, 5) is 0. The number of rotatable bonds is 4. The van der Waals surface area contributed by atoms with E-state index in [1.54, 1.807) is 23.2 Å². The highest BCUT2D eigenvalue weighted by molar-refractivity contribution is 5.49. The summed E-state index contributed by atoms with van der Waals surface area (Å²) in [5.74, 6) is 1.23. The van der Waals surface area contributed by atoms with Crippen LogP contribution in [0.4, 0.5) is 0 Å². The molecule has 3 rings (SSSR count). The average molecular weight is 273 g/mol. The Morgan fingerprint density at radius 2 is 2.20 bits per heavy atom. The number of nitrogens with zero attached hydrogens (tertiary/aromatic N) is 4. The molecule has 0 bridgehead atoms. The number of hydrogen-bond donors (Lipinski definition) is 1. The fraction of sp³-hybridized carbons (Fsp3) is 0.308. The van der Waals surface area contributed by atoms with Crippen molar-refractivity contribution in [3.05, 3.63) is 42.0 Å². The van der Waals surface area contributed by atoms with E-state index in [1.165, 1.54) is 0 Å². The Balaban J connectivity index is 1.77. The van der Waals surface area contributed by atoms with Crippen molar-refractivity contribution in [1.29, 1.82) is 0 Å². The minimum Gasteiger partial charge on any atom is -0.461 e. The fourth-order valence-electron chi connectivity index (χ4n) is 1.76. The van der Waals surface area contributed by atoms with E-state index in [2.05, 4.69) is 15.5 Å². The third kappa shape index (κ3) is 2.48. The molecule has 7 heteroatoms. The third-order valence-electron chi connectivity index (χ3n) is 2.85. The predicted molar refractivity (Wildman–Crippen MR) is 70.5 cm³/mol. The highest BCUT2D eigenvalue weighted by atomic mass is 16.5. The molecule has 0 aliphatic heterocycles. The summed E-state index contributed by atoms with van der Waals surface area (Å²) in [5, 5.41) is 12.1. The van der Waals surface area contributed by atoms with Crippen molar-refractivity contribution in [2.75, 3.05) is 0 Å². The normalized spacial score (nSPS) is 11.9. The van der Waals surface area contributed by atoms with Gasteiger partial charge in [-0.25, -0.2) is 4.68 Å². The van der Waals surface area contributed by atoms with E-state index in [0.717, 1.165) is 11.4 Å². The van der Waals surface area contributed by atoms with Gasteiger partial charge >= 0.3 is 0 Å². The van der Waals surface area contributed by atoms with Crippen LogP contribution in [0.5, 0.6) is 0 Å². The number of furan rings is 1. The summed E-state index contributed by atoms with van der Waals surface area (Å²) in [5.41, 5.74) is 6.92. The van der Waals surface area contributed by atoms with Crippen LogP contribution in [0.25, 0.3) is 11.5 Å². The molecule has 0 amide bonds. The predicted octanol–water partition coefficient (Wildman–Crippen LogP) is 1.77. The molecular weight excluding hydrogens is 258 g/mol. The maximum absolute atomic E-state index is 5.97. The Kier molecular flexibility index (Phi) is 2.90. The van der Waals surface area contributed by atoms with Gasteiger partial charge in [-0.1, -0.05) is 10.4 Å². The quantitative estimate of drug-likeness (QED) is 0.778. The fourth-order valence-corrected chi connectivity index (χ4v) is 1.76. The molecule has 0 fully saturated rings. The molecule has 0 saturated heterocycles. The summed E-state index contributed by atoms with van der Waals surface area (Å²) in [6.45, 7) is 4.23. The van der Waals surface area contributed by atoms with Gasteiger partial charge in [0, 0.05) is 6.07 Å². The topological polar surface area (TPSA) is 95.9 Å². The summed E-state index contributed by atoms with van der Waals surface area (Å²) < 4.78 is 12.1. The lowest BCUT2D eigenvalue weighted by molar-refractivity contribution is 0.407. The van der Waals surface area contributed by atoms with Gasteiger partial charge in [0.1, 0.15) is 11.4 Å². The van der Waals surface area contributed by atoms with Crippen LogP contribution in [0.3, 0.4) is 0 Å². The van der Waals surface area contributed by atoms with Gasteiger partial charge < -0.3 is 14.7 Å². The van der Waals surface area contributed by atoms with E-state index in [9.17, 15) is 0 Å². The first kappa shape index (κ1) is 12.6. The standard InChI is InChI=1S/C13H15N5O2/c1-13(2,14)12-8-18(17-15-12)7-9-6-11(20-16-9)10-4-3-5-19-10/h3-6,8H,7,14H2,1-2H3. The highest BCUT2D eigenvalue weighted by Gasteiger charge is 2.18. The summed E-state index contributed by atoms with van der Waals surface area (Å²) >= 11 is 0. The largest absolute Gasteiger partial charge is 0.461 e. The van der Waals surface area contributed by atoms with Crippen molar-refractivity contribution in [3.63, 3.8) is 0 Å². The molecule has 7 nitrogen and oxygen atoms in total. The van der Waals surface area contributed by atoms with Gasteiger partial charge in [0.05, 0.1) is 24.5 Å². The lowest BCUT2D eigenvalue weighted by atomic mass is 10.0. The van der Waals surface area contributed by atoms with Gasteiger partial charge in [-0.3, -0.25) is 0 Å². The molecule has 0 aliphatic rings. The minimum absolute atomic E-state index is 0.466. The van der Waals surface area contributed by atoms with Crippen molar-refractivity contribution in [2.45, 2.75) is 25.9 Å². The molecule has 3 heterocycles. The monoisotopic (exact) mass is 273 g/mol. The Labute approximate surface area is 115 Å². The molecule has 104 valence electrons. The van der Waals surface area contributed by atoms with Gasteiger partial charge in [-0.2, -0.15) is 0 Å². The van der Waals surface area contributed by atoms with Gasteiger partial charge in [-0.15, -0.1) is 5.10 Å². The highest BCUT2D eigenvalue weighted by Crippen LogP contribution is 2.21. The molecule has 0 aliphatic carbocycles. The zero-order valence-corrected chi connectivity index (χ0v) is 11.3. The van der Waals surface area contributed by atoms with Crippen molar-refractivity contribution >= 4 is 0 Å². The van der Waals surface area contributed by atoms with Crippen LogP contribution in [-0.4, -0.2) is 20.2 Å². The first-order valence-corrected chi connectivity index (χ1v) is 6.21. The van der Waals surface area contributed by atoms with Gasteiger partial charge in [0.15, 0.2) is 5.76 Å². The zero-order valence-electron chi connectivity index (χ0n) is 11.3. The molecule has 0 radical (unpaired) electrons. The zero-order chi connectivity index (χ0) is 14.2. The summed E-state index contributed by atoms with van der Waals surface area (Å²) in [6.07, 6.45) is 3.39. The van der Waals surface area contributed by atoms with Gasteiger partial charge in [-0.05, 0) is 26.0 Å². The van der Waals surface area contributed by atoms with Crippen molar-refractivity contribution in [1.82, 2.24) is 20.2 Å². The SMILES string of the molecule is CC(C)(N)c1cn(Cc2cc(-c3ccco3)on2)nn1. The maximum atomic E-state index is 5.97. The first-order chi connectivity index (χ1) is 9.52. The van der Waals surface area contributed by atoms with Crippen LogP contribution in [0, 0.1) is 0 Å². The molecule has 3 aromatic heterocycles. The Morgan fingerprint density at radius 3 is 2.85 bits per heavy atom. The molecule has 2 N–H and O–H groups in total. The molecule has 20 heavy (non-hydrogen) atoms. The van der Waals surface area contributed by atoms with E-state index in [0.29, 0.717) is 18.1 Å². The summed E-state index contributed by atoms with van der Waals surface area (Å²) in [6, 6.07) is 5.42. The number of aromatic nitrogens is 4. The van der Waals surface area contributed by atoms with Crippen molar-refractivity contribution in [2.24, 2.45) is 5.73 Å². The van der Waals surface area contributed by atoms with E-state index in [4.69, 9.17) is 14.7 Å². The molecule has 0 saturated carbocycles. The second-order valence-corrected chi connectivity index (χ2v) is 5.18.